The maximum atomic E-state index is 12.7. The first-order valence-corrected chi connectivity index (χ1v) is 8.27. The number of methoxy groups -OCH3 is 2. The molecule has 0 saturated heterocycles. The van der Waals surface area contributed by atoms with E-state index in [4.69, 9.17) is 14.0 Å². The Morgan fingerprint density at radius 3 is 2.46 bits per heavy atom. The molecule has 0 spiro atoms. The zero-order chi connectivity index (χ0) is 17.3. The summed E-state index contributed by atoms with van der Waals surface area (Å²) in [6.45, 7) is 0. The van der Waals surface area contributed by atoms with Crippen LogP contribution < -0.4 is 14.2 Å². The molecular weight excluding hydrogens is 336 g/mol. The van der Waals surface area contributed by atoms with Crippen molar-refractivity contribution < 1.29 is 27.5 Å². The number of aromatic nitrogens is 1. The van der Waals surface area contributed by atoms with Crippen molar-refractivity contribution >= 4 is 26.8 Å². The quantitative estimate of drug-likeness (QED) is 0.726. The Hall–Kier alpha value is -2.94. The summed E-state index contributed by atoms with van der Waals surface area (Å²) in [5, 5.41) is 14.0. The van der Waals surface area contributed by atoms with Crippen LogP contribution in [0.2, 0.25) is 0 Å². The molecule has 0 atom stereocenters. The molecule has 0 saturated carbocycles. The van der Waals surface area contributed by atoms with Crippen LogP contribution in [0.4, 0.5) is 5.82 Å². The Morgan fingerprint density at radius 2 is 1.75 bits per heavy atom. The third-order valence-corrected chi connectivity index (χ3v) is 4.77. The van der Waals surface area contributed by atoms with Gasteiger partial charge in [0.05, 0.1) is 14.2 Å². The van der Waals surface area contributed by atoms with Crippen molar-refractivity contribution in [2.45, 2.75) is 4.90 Å². The number of hydrogen-bond acceptors (Lipinski definition) is 7. The second kappa shape index (κ2) is 5.93. The third-order valence-electron chi connectivity index (χ3n) is 3.36. The Bertz CT molecular complexity index is 996. The highest BCUT2D eigenvalue weighted by Crippen LogP contribution is 2.36. The van der Waals surface area contributed by atoms with Gasteiger partial charge in [0.25, 0.3) is 10.0 Å². The second-order valence-corrected chi connectivity index (χ2v) is 6.40. The number of nitrogens with one attached hydrogen (secondary N) is 1. The monoisotopic (exact) mass is 350 g/mol. The summed E-state index contributed by atoms with van der Waals surface area (Å²) in [7, 11) is -1.42. The predicted molar refractivity (Wildman–Crippen MR) is 86.0 cm³/mol. The van der Waals surface area contributed by atoms with Crippen molar-refractivity contribution in [2.24, 2.45) is 0 Å². The van der Waals surface area contributed by atoms with E-state index in [9.17, 15) is 13.5 Å². The van der Waals surface area contributed by atoms with Crippen LogP contribution in [-0.2, 0) is 10.0 Å². The zero-order valence-electron chi connectivity index (χ0n) is 12.8. The normalized spacial score (nSPS) is 11.4. The molecule has 0 amide bonds. The largest absolute Gasteiger partial charge is 0.506 e. The maximum Gasteiger partial charge on any atom is 0.270 e. The summed E-state index contributed by atoms with van der Waals surface area (Å²) in [6, 6.07) is 9.12. The molecule has 9 heteroatoms. The minimum Gasteiger partial charge on any atom is -0.506 e. The van der Waals surface area contributed by atoms with Crippen LogP contribution >= 0.6 is 0 Å². The molecule has 0 aliphatic carbocycles. The molecule has 3 rings (SSSR count). The van der Waals surface area contributed by atoms with Gasteiger partial charge in [0.2, 0.25) is 0 Å². The van der Waals surface area contributed by atoms with Crippen LogP contribution in [0.5, 0.6) is 17.2 Å². The van der Waals surface area contributed by atoms with Gasteiger partial charge in [0.15, 0.2) is 16.3 Å². The second-order valence-electron chi connectivity index (χ2n) is 4.78. The summed E-state index contributed by atoms with van der Waals surface area (Å²) in [6.07, 6.45) is 0. The fraction of sp³-hybridized carbons (Fsp3) is 0.133. The third kappa shape index (κ3) is 2.58. The van der Waals surface area contributed by atoms with Gasteiger partial charge >= 0.3 is 0 Å². The van der Waals surface area contributed by atoms with Gasteiger partial charge in [-0.3, -0.25) is 4.72 Å². The number of nitrogens with zero attached hydrogens (tertiary/aromatic N) is 1. The first-order valence-electron chi connectivity index (χ1n) is 6.79. The minimum atomic E-state index is -4.18. The molecule has 126 valence electrons. The molecule has 2 N–H and O–H groups in total. The van der Waals surface area contributed by atoms with Gasteiger partial charge in [-0.25, -0.2) is 8.42 Å². The molecule has 0 fully saturated rings. The first-order chi connectivity index (χ1) is 11.5. The van der Waals surface area contributed by atoms with Gasteiger partial charge in [-0.05, 0) is 24.3 Å². The number of benzene rings is 2. The summed E-state index contributed by atoms with van der Waals surface area (Å²) in [5.41, 5.74) is 0.358. The standard InChI is InChI=1S/C15H14N2O6S/c1-21-10-6-4-7-11-13(10)15(16-23-11)17-24(19,20)14-9(18)5-3-8-12(14)22-2/h3-8,18H,1-2H3,(H,16,17). The lowest BCUT2D eigenvalue weighted by Crippen LogP contribution is -2.14. The summed E-state index contributed by atoms with van der Waals surface area (Å²) in [5.74, 6) is -0.0904. The lowest BCUT2D eigenvalue weighted by atomic mass is 10.2. The van der Waals surface area contributed by atoms with E-state index in [2.05, 4.69) is 9.88 Å². The lowest BCUT2D eigenvalue weighted by Gasteiger charge is -2.11. The number of ether oxygens (including phenoxy) is 2. The van der Waals surface area contributed by atoms with E-state index in [0.29, 0.717) is 16.7 Å². The number of fused-ring (bicyclic) bond motifs is 1. The van der Waals surface area contributed by atoms with Gasteiger partial charge in [0, 0.05) is 0 Å². The lowest BCUT2D eigenvalue weighted by molar-refractivity contribution is 0.388. The van der Waals surface area contributed by atoms with Gasteiger partial charge in [0.1, 0.15) is 22.6 Å². The number of hydrogen-bond donors (Lipinski definition) is 2. The highest BCUT2D eigenvalue weighted by molar-refractivity contribution is 7.93. The molecule has 0 aliphatic rings. The number of phenols is 1. The van der Waals surface area contributed by atoms with Gasteiger partial charge < -0.3 is 19.1 Å². The molecule has 0 bridgehead atoms. The van der Waals surface area contributed by atoms with Crippen molar-refractivity contribution in [3.8, 4) is 17.2 Å². The molecule has 1 aromatic heterocycles. The fourth-order valence-electron chi connectivity index (χ4n) is 2.31. The highest BCUT2D eigenvalue weighted by Gasteiger charge is 2.26. The number of aromatic hydroxyl groups is 1. The van der Waals surface area contributed by atoms with Crippen molar-refractivity contribution in [2.75, 3.05) is 18.9 Å². The van der Waals surface area contributed by atoms with E-state index in [0.717, 1.165) is 0 Å². The van der Waals surface area contributed by atoms with E-state index in [1.165, 1.54) is 32.4 Å². The number of phenolic OH excluding ortho intramolecular Hbond substituents is 1. The van der Waals surface area contributed by atoms with E-state index in [1.54, 1.807) is 18.2 Å². The number of rotatable bonds is 5. The molecule has 24 heavy (non-hydrogen) atoms. The van der Waals surface area contributed by atoms with Crippen molar-refractivity contribution in [3.63, 3.8) is 0 Å². The Labute approximate surface area is 137 Å². The smallest absolute Gasteiger partial charge is 0.270 e. The molecule has 0 aliphatic heterocycles. The highest BCUT2D eigenvalue weighted by atomic mass is 32.2. The van der Waals surface area contributed by atoms with Crippen LogP contribution in [0.15, 0.2) is 45.8 Å². The van der Waals surface area contributed by atoms with E-state index < -0.39 is 20.7 Å². The Balaban J connectivity index is 2.12. The molecule has 8 nitrogen and oxygen atoms in total. The molecule has 0 unspecified atom stereocenters. The molecular formula is C15H14N2O6S. The van der Waals surface area contributed by atoms with Crippen molar-refractivity contribution in [1.82, 2.24) is 5.16 Å². The predicted octanol–water partition coefficient (Wildman–Crippen LogP) is 2.35. The maximum absolute atomic E-state index is 12.7. The van der Waals surface area contributed by atoms with Gasteiger partial charge in [-0.2, -0.15) is 0 Å². The topological polar surface area (TPSA) is 111 Å². The van der Waals surface area contributed by atoms with E-state index in [-0.39, 0.29) is 11.6 Å². The Kier molecular flexibility index (Phi) is 3.94. The van der Waals surface area contributed by atoms with Gasteiger partial charge in [-0.15, -0.1) is 0 Å². The van der Waals surface area contributed by atoms with Crippen molar-refractivity contribution in [1.29, 1.82) is 0 Å². The number of sulfonamides is 1. The van der Waals surface area contributed by atoms with Crippen molar-refractivity contribution in [3.05, 3.63) is 36.4 Å². The van der Waals surface area contributed by atoms with Crippen LogP contribution in [-0.4, -0.2) is 32.9 Å². The Morgan fingerprint density at radius 1 is 1.08 bits per heavy atom. The average Bonchev–Trinajstić information content (AvgIpc) is 2.96. The van der Waals surface area contributed by atoms with Crippen LogP contribution in [0, 0.1) is 0 Å². The van der Waals surface area contributed by atoms with E-state index >= 15 is 0 Å². The van der Waals surface area contributed by atoms with Gasteiger partial charge in [-0.1, -0.05) is 17.3 Å². The minimum absolute atomic E-state index is 0.00210. The molecule has 0 radical (unpaired) electrons. The zero-order valence-corrected chi connectivity index (χ0v) is 13.6. The van der Waals surface area contributed by atoms with Crippen LogP contribution in [0.3, 0.4) is 0 Å². The average molecular weight is 350 g/mol. The molecule has 3 aromatic rings. The fourth-order valence-corrected chi connectivity index (χ4v) is 3.57. The molecule has 2 aromatic carbocycles. The summed E-state index contributed by atoms with van der Waals surface area (Å²) < 4.78 is 43.0. The first kappa shape index (κ1) is 15.9. The SMILES string of the molecule is COc1cccc(O)c1S(=O)(=O)Nc1noc2cccc(OC)c12. The summed E-state index contributed by atoms with van der Waals surface area (Å²) >= 11 is 0. The molecule has 1 heterocycles. The van der Waals surface area contributed by atoms with Crippen LogP contribution in [0.1, 0.15) is 0 Å². The van der Waals surface area contributed by atoms with E-state index in [1.807, 2.05) is 0 Å². The summed E-state index contributed by atoms with van der Waals surface area (Å²) in [4.78, 5) is -0.390. The number of anilines is 1. The van der Waals surface area contributed by atoms with Crippen LogP contribution in [0.25, 0.3) is 11.0 Å².